The van der Waals surface area contributed by atoms with Crippen LogP contribution in [0.3, 0.4) is 0 Å². The summed E-state index contributed by atoms with van der Waals surface area (Å²) in [7, 11) is 0. The van der Waals surface area contributed by atoms with Crippen LogP contribution >= 0.6 is 0 Å². The molecule has 2 aliphatic rings. The van der Waals surface area contributed by atoms with Crippen LogP contribution in [0.15, 0.2) is 30.3 Å². The van der Waals surface area contributed by atoms with E-state index in [1.165, 1.54) is 5.56 Å². The van der Waals surface area contributed by atoms with Crippen molar-refractivity contribution in [3.05, 3.63) is 35.9 Å². The number of fused-ring (bicyclic) bond motifs is 1. The standard InChI is InChI=1S/C16H21NO3/c1-2-19-16(18)10-13-8-9-15-17(13)14(11-20-15)12-6-4-3-5-7-12/h3-7,13-15H,2,8-11H2,1H3. The first kappa shape index (κ1) is 13.6. The zero-order chi connectivity index (χ0) is 13.9. The van der Waals surface area contributed by atoms with Gasteiger partial charge in [-0.3, -0.25) is 9.69 Å². The van der Waals surface area contributed by atoms with Crippen molar-refractivity contribution in [2.45, 2.75) is 44.5 Å². The van der Waals surface area contributed by atoms with Crippen molar-refractivity contribution >= 4 is 5.97 Å². The lowest BCUT2D eigenvalue weighted by molar-refractivity contribution is -0.144. The minimum atomic E-state index is -0.100. The van der Waals surface area contributed by atoms with E-state index in [2.05, 4.69) is 29.2 Å². The summed E-state index contributed by atoms with van der Waals surface area (Å²) in [5, 5.41) is 0. The quantitative estimate of drug-likeness (QED) is 0.791. The van der Waals surface area contributed by atoms with E-state index in [1.54, 1.807) is 0 Å². The number of esters is 1. The van der Waals surface area contributed by atoms with Crippen LogP contribution in [0.4, 0.5) is 0 Å². The van der Waals surface area contributed by atoms with E-state index >= 15 is 0 Å². The number of hydrogen-bond donors (Lipinski definition) is 0. The normalized spacial score (nSPS) is 29.4. The Morgan fingerprint density at radius 3 is 2.90 bits per heavy atom. The van der Waals surface area contributed by atoms with Crippen molar-refractivity contribution in [2.24, 2.45) is 0 Å². The predicted molar refractivity (Wildman–Crippen MR) is 75.0 cm³/mol. The van der Waals surface area contributed by atoms with Gasteiger partial charge in [0.05, 0.1) is 25.7 Å². The highest BCUT2D eigenvalue weighted by Gasteiger charge is 2.44. The fourth-order valence-electron chi connectivity index (χ4n) is 3.34. The zero-order valence-corrected chi connectivity index (χ0v) is 11.8. The highest BCUT2D eigenvalue weighted by molar-refractivity contribution is 5.70. The maximum Gasteiger partial charge on any atom is 0.307 e. The van der Waals surface area contributed by atoms with E-state index in [9.17, 15) is 4.79 Å². The molecule has 1 aromatic rings. The van der Waals surface area contributed by atoms with Gasteiger partial charge in [0.2, 0.25) is 0 Å². The third-order valence-corrected chi connectivity index (χ3v) is 4.20. The van der Waals surface area contributed by atoms with Crippen LogP contribution in [0.25, 0.3) is 0 Å². The average Bonchev–Trinajstić information content (AvgIpc) is 3.03. The van der Waals surface area contributed by atoms with E-state index in [4.69, 9.17) is 9.47 Å². The van der Waals surface area contributed by atoms with Crippen LogP contribution in [-0.4, -0.2) is 36.4 Å². The minimum absolute atomic E-state index is 0.100. The summed E-state index contributed by atoms with van der Waals surface area (Å²) in [6.07, 6.45) is 2.65. The van der Waals surface area contributed by atoms with Gasteiger partial charge in [0.25, 0.3) is 0 Å². The molecule has 0 aromatic heterocycles. The molecule has 4 heteroatoms. The zero-order valence-electron chi connectivity index (χ0n) is 11.8. The first-order valence-corrected chi connectivity index (χ1v) is 7.39. The monoisotopic (exact) mass is 275 g/mol. The van der Waals surface area contributed by atoms with Gasteiger partial charge in [-0.2, -0.15) is 0 Å². The molecule has 3 rings (SSSR count). The van der Waals surface area contributed by atoms with Crippen LogP contribution in [0.2, 0.25) is 0 Å². The number of ether oxygens (including phenoxy) is 2. The van der Waals surface area contributed by atoms with Gasteiger partial charge in [0.15, 0.2) is 0 Å². The Labute approximate surface area is 119 Å². The van der Waals surface area contributed by atoms with Crippen LogP contribution in [0.5, 0.6) is 0 Å². The number of rotatable bonds is 4. The van der Waals surface area contributed by atoms with E-state index in [0.717, 1.165) is 12.8 Å². The number of carbonyl (C=O) groups is 1. The van der Waals surface area contributed by atoms with Crippen LogP contribution in [0.1, 0.15) is 37.8 Å². The first-order chi connectivity index (χ1) is 9.79. The van der Waals surface area contributed by atoms with Crippen LogP contribution in [-0.2, 0) is 14.3 Å². The van der Waals surface area contributed by atoms with Gasteiger partial charge >= 0.3 is 5.97 Å². The molecule has 2 fully saturated rings. The number of nitrogens with zero attached hydrogens (tertiary/aromatic N) is 1. The van der Waals surface area contributed by atoms with Crippen molar-refractivity contribution in [3.63, 3.8) is 0 Å². The van der Waals surface area contributed by atoms with Gasteiger partial charge in [0, 0.05) is 6.04 Å². The Morgan fingerprint density at radius 2 is 2.15 bits per heavy atom. The lowest BCUT2D eigenvalue weighted by Crippen LogP contribution is -2.36. The summed E-state index contributed by atoms with van der Waals surface area (Å²) in [6, 6.07) is 10.9. The summed E-state index contributed by atoms with van der Waals surface area (Å²) in [5.74, 6) is -0.100. The molecular weight excluding hydrogens is 254 g/mol. The maximum absolute atomic E-state index is 11.7. The molecule has 3 unspecified atom stereocenters. The Bertz CT molecular complexity index is 462. The molecule has 20 heavy (non-hydrogen) atoms. The Hall–Kier alpha value is -1.39. The SMILES string of the molecule is CCOC(=O)CC1CCC2OCC(c3ccccc3)N12. The average molecular weight is 275 g/mol. The summed E-state index contributed by atoms with van der Waals surface area (Å²) in [4.78, 5) is 14.1. The first-order valence-electron chi connectivity index (χ1n) is 7.39. The van der Waals surface area contributed by atoms with Gasteiger partial charge < -0.3 is 9.47 Å². The fraction of sp³-hybridized carbons (Fsp3) is 0.562. The molecule has 0 amide bonds. The highest BCUT2D eigenvalue weighted by Crippen LogP contribution is 2.40. The van der Waals surface area contributed by atoms with E-state index < -0.39 is 0 Å². The van der Waals surface area contributed by atoms with E-state index in [0.29, 0.717) is 19.6 Å². The molecule has 0 spiro atoms. The maximum atomic E-state index is 11.7. The van der Waals surface area contributed by atoms with Crippen molar-refractivity contribution < 1.29 is 14.3 Å². The molecular formula is C16H21NO3. The van der Waals surface area contributed by atoms with Crippen molar-refractivity contribution in [2.75, 3.05) is 13.2 Å². The van der Waals surface area contributed by atoms with Crippen LogP contribution in [0, 0.1) is 0 Å². The number of benzene rings is 1. The smallest absolute Gasteiger partial charge is 0.307 e. The van der Waals surface area contributed by atoms with E-state index in [-0.39, 0.29) is 24.3 Å². The highest BCUT2D eigenvalue weighted by atomic mass is 16.5. The molecule has 0 radical (unpaired) electrons. The largest absolute Gasteiger partial charge is 0.466 e. The van der Waals surface area contributed by atoms with Gasteiger partial charge in [-0.15, -0.1) is 0 Å². The van der Waals surface area contributed by atoms with Crippen molar-refractivity contribution in [3.8, 4) is 0 Å². The molecule has 0 aliphatic carbocycles. The molecule has 0 bridgehead atoms. The second kappa shape index (κ2) is 5.94. The summed E-state index contributed by atoms with van der Waals surface area (Å²) >= 11 is 0. The summed E-state index contributed by atoms with van der Waals surface area (Å²) in [5.41, 5.74) is 1.27. The van der Waals surface area contributed by atoms with Crippen molar-refractivity contribution in [1.82, 2.24) is 4.90 Å². The Balaban J connectivity index is 1.73. The number of carbonyl (C=O) groups excluding carboxylic acids is 1. The minimum Gasteiger partial charge on any atom is -0.466 e. The topological polar surface area (TPSA) is 38.8 Å². The molecule has 0 N–H and O–H groups in total. The molecule has 2 heterocycles. The molecule has 108 valence electrons. The Morgan fingerprint density at radius 1 is 1.35 bits per heavy atom. The second-order valence-corrected chi connectivity index (χ2v) is 5.40. The van der Waals surface area contributed by atoms with Crippen molar-refractivity contribution in [1.29, 1.82) is 0 Å². The number of hydrogen-bond acceptors (Lipinski definition) is 4. The van der Waals surface area contributed by atoms with Gasteiger partial charge in [-0.1, -0.05) is 30.3 Å². The van der Waals surface area contributed by atoms with Crippen LogP contribution < -0.4 is 0 Å². The Kier molecular flexibility index (Phi) is 4.03. The molecule has 3 atom stereocenters. The predicted octanol–water partition coefficient (Wildman–Crippen LogP) is 2.50. The lowest BCUT2D eigenvalue weighted by atomic mass is 10.0. The second-order valence-electron chi connectivity index (χ2n) is 5.40. The molecule has 0 saturated carbocycles. The third kappa shape index (κ3) is 2.58. The molecule has 1 aromatic carbocycles. The lowest BCUT2D eigenvalue weighted by Gasteiger charge is -2.28. The molecule has 2 saturated heterocycles. The van der Waals surface area contributed by atoms with Gasteiger partial charge in [0.1, 0.15) is 6.23 Å². The summed E-state index contributed by atoms with van der Waals surface area (Å²) in [6.45, 7) is 3.02. The van der Waals surface area contributed by atoms with E-state index in [1.807, 2.05) is 13.0 Å². The van der Waals surface area contributed by atoms with Gasteiger partial charge in [-0.25, -0.2) is 0 Å². The molecule has 2 aliphatic heterocycles. The third-order valence-electron chi connectivity index (χ3n) is 4.20. The summed E-state index contributed by atoms with van der Waals surface area (Å²) < 4.78 is 11.0. The molecule has 4 nitrogen and oxygen atoms in total. The van der Waals surface area contributed by atoms with Gasteiger partial charge in [-0.05, 0) is 25.3 Å². The fourth-order valence-corrected chi connectivity index (χ4v) is 3.34.